The Balaban J connectivity index is 1.67. The summed E-state index contributed by atoms with van der Waals surface area (Å²) in [6.07, 6.45) is 8.78. The van der Waals surface area contributed by atoms with Crippen LogP contribution in [0.2, 0.25) is 0 Å². The molecule has 0 saturated carbocycles. The van der Waals surface area contributed by atoms with Crippen molar-refractivity contribution in [2.75, 3.05) is 11.9 Å². The first-order valence-corrected chi connectivity index (χ1v) is 8.29. The molecule has 3 heterocycles. The lowest BCUT2D eigenvalue weighted by molar-refractivity contribution is -0.00701. The van der Waals surface area contributed by atoms with Crippen molar-refractivity contribution >= 4 is 11.7 Å². The molecule has 0 unspecified atom stereocenters. The van der Waals surface area contributed by atoms with Crippen LogP contribution in [0.15, 0.2) is 30.9 Å². The number of nitrogens with zero attached hydrogens (tertiary/aromatic N) is 3. The average Bonchev–Trinajstić information content (AvgIpc) is 3.06. The van der Waals surface area contributed by atoms with Gasteiger partial charge in [0.1, 0.15) is 6.10 Å². The van der Waals surface area contributed by atoms with E-state index in [9.17, 15) is 4.79 Å². The first-order chi connectivity index (χ1) is 11.7. The molecule has 24 heavy (non-hydrogen) atoms. The van der Waals surface area contributed by atoms with Gasteiger partial charge in [-0.25, -0.2) is 4.79 Å². The second-order valence-corrected chi connectivity index (χ2v) is 5.96. The fourth-order valence-corrected chi connectivity index (χ4v) is 2.88. The largest absolute Gasteiger partial charge is 0.371 e. The molecule has 0 spiro atoms. The van der Waals surface area contributed by atoms with Gasteiger partial charge in [0.05, 0.1) is 24.1 Å². The van der Waals surface area contributed by atoms with Crippen LogP contribution >= 0.6 is 0 Å². The van der Waals surface area contributed by atoms with E-state index in [1.807, 2.05) is 37.0 Å². The summed E-state index contributed by atoms with van der Waals surface area (Å²) in [6, 6.07) is 1.54. The summed E-state index contributed by atoms with van der Waals surface area (Å²) in [7, 11) is 0. The predicted octanol–water partition coefficient (Wildman–Crippen LogP) is 2.65. The van der Waals surface area contributed by atoms with Crippen molar-refractivity contribution in [2.24, 2.45) is 0 Å². The highest BCUT2D eigenvalue weighted by Crippen LogP contribution is 2.28. The Kier molecular flexibility index (Phi) is 5.10. The maximum atomic E-state index is 12.3. The minimum Gasteiger partial charge on any atom is -0.371 e. The molecule has 2 atom stereocenters. The van der Waals surface area contributed by atoms with Gasteiger partial charge in [-0.2, -0.15) is 5.10 Å². The second-order valence-electron chi connectivity index (χ2n) is 5.96. The molecule has 0 aliphatic carbocycles. The van der Waals surface area contributed by atoms with Crippen molar-refractivity contribution in [2.45, 2.75) is 45.4 Å². The number of carbonyl (C=O) groups excluding carboxylic acids is 1. The number of aromatic nitrogens is 3. The molecular formula is C17H23N5O2. The number of urea groups is 1. The number of carbonyl (C=O) groups is 1. The molecule has 2 aromatic rings. The minimum absolute atomic E-state index is 0.0785. The number of amides is 2. The van der Waals surface area contributed by atoms with Crippen molar-refractivity contribution < 1.29 is 9.53 Å². The van der Waals surface area contributed by atoms with Crippen molar-refractivity contribution in [3.05, 3.63) is 42.0 Å². The van der Waals surface area contributed by atoms with Gasteiger partial charge in [0.25, 0.3) is 0 Å². The Morgan fingerprint density at radius 2 is 2.33 bits per heavy atom. The van der Waals surface area contributed by atoms with E-state index in [4.69, 9.17) is 4.74 Å². The third-order valence-electron chi connectivity index (χ3n) is 4.23. The monoisotopic (exact) mass is 329 g/mol. The third kappa shape index (κ3) is 3.73. The van der Waals surface area contributed by atoms with Gasteiger partial charge in [-0.1, -0.05) is 0 Å². The summed E-state index contributed by atoms with van der Waals surface area (Å²) in [4.78, 5) is 16.4. The number of pyridine rings is 1. The molecule has 1 aliphatic heterocycles. The van der Waals surface area contributed by atoms with Gasteiger partial charge >= 0.3 is 6.03 Å². The van der Waals surface area contributed by atoms with Gasteiger partial charge in [0, 0.05) is 31.1 Å². The number of rotatable bonds is 4. The van der Waals surface area contributed by atoms with Gasteiger partial charge in [0.15, 0.2) is 0 Å². The number of anilines is 1. The van der Waals surface area contributed by atoms with Crippen LogP contribution in [0, 0.1) is 6.92 Å². The quantitative estimate of drug-likeness (QED) is 0.903. The Labute approximate surface area is 141 Å². The lowest BCUT2D eigenvalue weighted by Gasteiger charge is -2.31. The van der Waals surface area contributed by atoms with Gasteiger partial charge in [-0.05, 0) is 38.3 Å². The molecule has 1 saturated heterocycles. The van der Waals surface area contributed by atoms with Crippen molar-refractivity contribution in [3.63, 3.8) is 0 Å². The third-order valence-corrected chi connectivity index (χ3v) is 4.23. The zero-order valence-corrected chi connectivity index (χ0v) is 14.0. The first kappa shape index (κ1) is 16.4. The average molecular weight is 329 g/mol. The lowest BCUT2D eigenvalue weighted by atomic mass is 9.98. The summed E-state index contributed by atoms with van der Waals surface area (Å²) in [6.45, 7) is 5.48. The highest BCUT2D eigenvalue weighted by Gasteiger charge is 2.29. The second kappa shape index (κ2) is 7.44. The van der Waals surface area contributed by atoms with Crippen molar-refractivity contribution in [1.82, 2.24) is 20.1 Å². The molecule has 0 bridgehead atoms. The van der Waals surface area contributed by atoms with Crippen LogP contribution in [0.3, 0.4) is 0 Å². The van der Waals surface area contributed by atoms with Crippen LogP contribution in [0.4, 0.5) is 10.5 Å². The van der Waals surface area contributed by atoms with E-state index in [1.54, 1.807) is 12.4 Å². The maximum Gasteiger partial charge on any atom is 0.319 e. The zero-order chi connectivity index (χ0) is 16.9. The lowest BCUT2D eigenvalue weighted by Crippen LogP contribution is -2.44. The van der Waals surface area contributed by atoms with Crippen LogP contribution in [-0.4, -0.2) is 33.4 Å². The van der Waals surface area contributed by atoms with Crippen LogP contribution < -0.4 is 10.6 Å². The fourth-order valence-electron chi connectivity index (χ4n) is 2.88. The molecule has 3 rings (SSSR count). The van der Waals surface area contributed by atoms with Gasteiger partial charge < -0.3 is 15.4 Å². The molecule has 7 nitrogen and oxygen atoms in total. The van der Waals surface area contributed by atoms with Crippen LogP contribution in [-0.2, 0) is 11.3 Å². The van der Waals surface area contributed by atoms with Gasteiger partial charge in [-0.15, -0.1) is 0 Å². The number of hydrogen-bond acceptors (Lipinski definition) is 4. The van der Waals surface area contributed by atoms with E-state index >= 15 is 0 Å². The SMILES string of the molecule is CCn1cc([C@H]2OCCC[C@@H]2NC(=O)Nc2cnccc2C)cn1. The first-order valence-electron chi connectivity index (χ1n) is 8.29. The van der Waals surface area contributed by atoms with Gasteiger partial charge in [0.2, 0.25) is 0 Å². The standard InChI is InChI=1S/C17H23N5O2/c1-3-22-11-13(9-19-22)16-14(5-4-8-24-16)20-17(23)21-15-10-18-7-6-12(15)2/h6-7,9-11,14,16H,3-5,8H2,1-2H3,(H2,20,21,23)/t14-,16+/m0/s1. The van der Waals surface area contributed by atoms with Crippen LogP contribution in [0.1, 0.15) is 37.0 Å². The van der Waals surface area contributed by atoms with Gasteiger partial charge in [-0.3, -0.25) is 9.67 Å². The van der Waals surface area contributed by atoms with E-state index in [1.165, 1.54) is 0 Å². The highest BCUT2D eigenvalue weighted by atomic mass is 16.5. The number of aryl methyl sites for hydroxylation is 2. The van der Waals surface area contributed by atoms with E-state index in [0.717, 1.165) is 30.5 Å². The molecule has 0 aromatic carbocycles. The van der Waals surface area contributed by atoms with Crippen LogP contribution in [0.25, 0.3) is 0 Å². The normalized spacial score (nSPS) is 20.6. The number of ether oxygens (including phenoxy) is 1. The summed E-state index contributed by atoms with van der Waals surface area (Å²) in [5.74, 6) is 0. The minimum atomic E-state index is -0.241. The van der Waals surface area contributed by atoms with E-state index in [0.29, 0.717) is 12.3 Å². The Bertz CT molecular complexity index is 700. The van der Waals surface area contributed by atoms with Crippen molar-refractivity contribution in [1.29, 1.82) is 0 Å². The van der Waals surface area contributed by atoms with E-state index in [-0.39, 0.29) is 18.2 Å². The molecule has 0 radical (unpaired) electrons. The molecule has 2 amide bonds. The number of hydrogen-bond donors (Lipinski definition) is 2. The van der Waals surface area contributed by atoms with Crippen LogP contribution in [0.5, 0.6) is 0 Å². The number of nitrogens with one attached hydrogen (secondary N) is 2. The summed E-state index contributed by atoms with van der Waals surface area (Å²) in [5, 5.41) is 10.2. The summed E-state index contributed by atoms with van der Waals surface area (Å²) >= 11 is 0. The molecule has 2 aromatic heterocycles. The molecule has 1 fully saturated rings. The molecule has 128 valence electrons. The highest BCUT2D eigenvalue weighted by molar-refractivity contribution is 5.90. The predicted molar refractivity (Wildman–Crippen MR) is 90.7 cm³/mol. The molecule has 7 heteroatoms. The summed E-state index contributed by atoms with van der Waals surface area (Å²) in [5.41, 5.74) is 2.68. The summed E-state index contributed by atoms with van der Waals surface area (Å²) < 4.78 is 7.77. The van der Waals surface area contributed by atoms with Crippen molar-refractivity contribution in [3.8, 4) is 0 Å². The van der Waals surface area contributed by atoms with E-state index in [2.05, 4.69) is 20.7 Å². The van der Waals surface area contributed by atoms with E-state index < -0.39 is 0 Å². The maximum absolute atomic E-state index is 12.3. The Hall–Kier alpha value is -2.41. The topological polar surface area (TPSA) is 81.1 Å². The molecular weight excluding hydrogens is 306 g/mol. The fraction of sp³-hybridized carbons (Fsp3) is 0.471. The smallest absolute Gasteiger partial charge is 0.319 e. The molecule has 1 aliphatic rings. The Morgan fingerprint density at radius 3 is 3.08 bits per heavy atom. The Morgan fingerprint density at radius 1 is 1.46 bits per heavy atom. The zero-order valence-electron chi connectivity index (χ0n) is 14.0. The molecule has 2 N–H and O–H groups in total.